The van der Waals surface area contributed by atoms with Gasteiger partial charge in [-0.15, -0.1) is 11.6 Å². The molecule has 1 aliphatic rings. The number of nitrogens with zero attached hydrogens (tertiary/aromatic N) is 2. The van der Waals surface area contributed by atoms with Crippen LogP contribution in [0.3, 0.4) is 0 Å². The number of aryl methyl sites for hydroxylation is 1. The molecule has 1 atom stereocenters. The molecule has 0 saturated heterocycles. The largest absolute Gasteiger partial charge is 0.328 e. The molecule has 0 radical (unpaired) electrons. The Kier molecular flexibility index (Phi) is 3.26. The van der Waals surface area contributed by atoms with Gasteiger partial charge in [0.25, 0.3) is 0 Å². The van der Waals surface area contributed by atoms with Crippen molar-refractivity contribution in [3.63, 3.8) is 0 Å². The van der Waals surface area contributed by atoms with E-state index in [1.807, 2.05) is 12.1 Å². The lowest BCUT2D eigenvalue weighted by molar-refractivity contribution is 0.496. The van der Waals surface area contributed by atoms with E-state index in [0.29, 0.717) is 11.3 Å². The van der Waals surface area contributed by atoms with Gasteiger partial charge in [-0.1, -0.05) is 25.4 Å². The standard InChI is InChI=1S/C15H18Cl2N2/c1-15(2)8-10(15)9-19-13-4-3-11(17)7-12(13)18-14(19)5-6-16/h3-4,7,10H,5-6,8-9H2,1-2H3. The van der Waals surface area contributed by atoms with Crippen LogP contribution in [0.25, 0.3) is 11.0 Å². The first-order valence-corrected chi connectivity index (χ1v) is 7.63. The topological polar surface area (TPSA) is 17.8 Å². The van der Waals surface area contributed by atoms with Crippen molar-refractivity contribution in [1.82, 2.24) is 9.55 Å². The molecule has 0 bridgehead atoms. The van der Waals surface area contributed by atoms with E-state index in [1.165, 1.54) is 11.9 Å². The summed E-state index contributed by atoms with van der Waals surface area (Å²) in [5.41, 5.74) is 2.62. The molecule has 1 aromatic carbocycles. The fourth-order valence-corrected chi connectivity index (χ4v) is 3.08. The van der Waals surface area contributed by atoms with E-state index >= 15 is 0 Å². The molecule has 1 heterocycles. The number of hydrogen-bond donors (Lipinski definition) is 0. The van der Waals surface area contributed by atoms with Crippen molar-refractivity contribution < 1.29 is 0 Å². The fraction of sp³-hybridized carbons (Fsp3) is 0.533. The van der Waals surface area contributed by atoms with Gasteiger partial charge in [0.05, 0.1) is 11.0 Å². The maximum atomic E-state index is 6.05. The minimum atomic E-state index is 0.473. The van der Waals surface area contributed by atoms with Gasteiger partial charge in [-0.3, -0.25) is 0 Å². The summed E-state index contributed by atoms with van der Waals surface area (Å²) < 4.78 is 2.33. The Morgan fingerprint density at radius 1 is 1.42 bits per heavy atom. The quantitative estimate of drug-likeness (QED) is 0.759. The number of hydrogen-bond acceptors (Lipinski definition) is 1. The molecule has 19 heavy (non-hydrogen) atoms. The lowest BCUT2D eigenvalue weighted by atomic mass is 10.1. The van der Waals surface area contributed by atoms with E-state index in [4.69, 9.17) is 23.2 Å². The summed E-state index contributed by atoms with van der Waals surface area (Å²) in [5.74, 6) is 2.43. The second-order valence-electron chi connectivity index (χ2n) is 6.10. The molecule has 102 valence electrons. The minimum absolute atomic E-state index is 0.473. The molecule has 1 fully saturated rings. The molecular formula is C15H18Cl2N2. The zero-order valence-corrected chi connectivity index (χ0v) is 12.8. The summed E-state index contributed by atoms with van der Waals surface area (Å²) in [7, 11) is 0. The summed E-state index contributed by atoms with van der Waals surface area (Å²) in [6, 6.07) is 5.94. The van der Waals surface area contributed by atoms with E-state index in [1.54, 1.807) is 0 Å². The lowest BCUT2D eigenvalue weighted by Gasteiger charge is -2.10. The first-order chi connectivity index (χ1) is 9.01. The van der Waals surface area contributed by atoms with E-state index in [9.17, 15) is 0 Å². The van der Waals surface area contributed by atoms with Gasteiger partial charge < -0.3 is 4.57 Å². The van der Waals surface area contributed by atoms with Crippen LogP contribution in [0.15, 0.2) is 18.2 Å². The third-order valence-corrected chi connectivity index (χ3v) is 4.65. The number of halogens is 2. The van der Waals surface area contributed by atoms with Crippen LogP contribution in [-0.2, 0) is 13.0 Å². The highest BCUT2D eigenvalue weighted by atomic mass is 35.5. The molecule has 1 aromatic heterocycles. The van der Waals surface area contributed by atoms with Crippen molar-refractivity contribution in [3.8, 4) is 0 Å². The molecule has 1 unspecified atom stereocenters. The normalized spacial score (nSPS) is 20.9. The summed E-state index contributed by atoms with van der Waals surface area (Å²) in [5, 5.41) is 0.737. The SMILES string of the molecule is CC1(C)CC1Cn1c(CCCl)nc2cc(Cl)ccc21. The first-order valence-electron chi connectivity index (χ1n) is 6.72. The number of alkyl halides is 1. The molecule has 0 amide bonds. The number of fused-ring (bicyclic) bond motifs is 1. The molecule has 0 aliphatic heterocycles. The van der Waals surface area contributed by atoms with Crippen molar-refractivity contribution in [2.75, 3.05) is 5.88 Å². The first kappa shape index (κ1) is 13.3. The van der Waals surface area contributed by atoms with Crippen molar-refractivity contribution in [3.05, 3.63) is 29.0 Å². The number of benzene rings is 1. The van der Waals surface area contributed by atoms with Crippen LogP contribution >= 0.6 is 23.2 Å². The lowest BCUT2D eigenvalue weighted by Crippen LogP contribution is -2.08. The van der Waals surface area contributed by atoms with Crippen LogP contribution in [0.2, 0.25) is 5.02 Å². The van der Waals surface area contributed by atoms with Gasteiger partial charge in [0.1, 0.15) is 5.82 Å². The zero-order chi connectivity index (χ0) is 13.6. The Morgan fingerprint density at radius 2 is 2.16 bits per heavy atom. The van der Waals surface area contributed by atoms with Crippen LogP contribution in [0.1, 0.15) is 26.1 Å². The second-order valence-corrected chi connectivity index (χ2v) is 6.91. The van der Waals surface area contributed by atoms with Crippen molar-refractivity contribution in [2.24, 2.45) is 11.3 Å². The number of aromatic nitrogens is 2. The van der Waals surface area contributed by atoms with Gasteiger partial charge in [0.15, 0.2) is 0 Å². The third-order valence-electron chi connectivity index (χ3n) is 4.23. The molecule has 4 heteroatoms. The Bertz CT molecular complexity index is 616. The summed E-state index contributed by atoms with van der Waals surface area (Å²) in [6.07, 6.45) is 2.10. The summed E-state index contributed by atoms with van der Waals surface area (Å²) >= 11 is 11.9. The van der Waals surface area contributed by atoms with Crippen LogP contribution in [0.5, 0.6) is 0 Å². The molecule has 1 aliphatic carbocycles. The molecule has 1 saturated carbocycles. The maximum absolute atomic E-state index is 6.05. The number of imidazole rings is 1. The average molecular weight is 297 g/mol. The van der Waals surface area contributed by atoms with Crippen molar-refractivity contribution in [2.45, 2.75) is 33.2 Å². The smallest absolute Gasteiger partial charge is 0.111 e. The summed E-state index contributed by atoms with van der Waals surface area (Å²) in [6.45, 7) is 5.70. The Labute approximate surface area is 123 Å². The Morgan fingerprint density at radius 3 is 2.79 bits per heavy atom. The van der Waals surface area contributed by atoms with Crippen molar-refractivity contribution in [1.29, 1.82) is 0 Å². The highest BCUT2D eigenvalue weighted by molar-refractivity contribution is 6.31. The molecular weight excluding hydrogens is 279 g/mol. The fourth-order valence-electron chi connectivity index (χ4n) is 2.74. The molecule has 0 spiro atoms. The second kappa shape index (κ2) is 4.68. The van der Waals surface area contributed by atoms with E-state index in [0.717, 1.165) is 35.2 Å². The zero-order valence-electron chi connectivity index (χ0n) is 11.3. The van der Waals surface area contributed by atoms with Crippen LogP contribution in [-0.4, -0.2) is 15.4 Å². The predicted molar refractivity (Wildman–Crippen MR) is 81.1 cm³/mol. The highest BCUT2D eigenvalue weighted by Crippen LogP contribution is 2.52. The van der Waals surface area contributed by atoms with Crippen LogP contribution < -0.4 is 0 Å². The third kappa shape index (κ3) is 2.48. The minimum Gasteiger partial charge on any atom is -0.328 e. The van der Waals surface area contributed by atoms with Crippen LogP contribution in [0.4, 0.5) is 0 Å². The van der Waals surface area contributed by atoms with Crippen molar-refractivity contribution >= 4 is 34.2 Å². The van der Waals surface area contributed by atoms with Crippen LogP contribution in [0, 0.1) is 11.3 Å². The van der Waals surface area contributed by atoms with Gasteiger partial charge in [0.2, 0.25) is 0 Å². The van der Waals surface area contributed by atoms with E-state index in [-0.39, 0.29) is 0 Å². The predicted octanol–water partition coefficient (Wildman–Crippen LogP) is 4.52. The highest BCUT2D eigenvalue weighted by Gasteiger charge is 2.45. The molecule has 2 nitrogen and oxygen atoms in total. The van der Waals surface area contributed by atoms with Gasteiger partial charge >= 0.3 is 0 Å². The molecule has 0 N–H and O–H groups in total. The van der Waals surface area contributed by atoms with E-state index < -0.39 is 0 Å². The Hall–Kier alpha value is -0.730. The molecule has 2 aromatic rings. The van der Waals surface area contributed by atoms with Gasteiger partial charge in [-0.05, 0) is 36.0 Å². The number of rotatable bonds is 4. The summed E-state index contributed by atoms with van der Waals surface area (Å²) in [4.78, 5) is 4.69. The van der Waals surface area contributed by atoms with E-state index in [2.05, 4.69) is 29.5 Å². The monoisotopic (exact) mass is 296 g/mol. The maximum Gasteiger partial charge on any atom is 0.111 e. The average Bonchev–Trinajstić information content (AvgIpc) is 2.79. The van der Waals surface area contributed by atoms with Gasteiger partial charge in [0, 0.05) is 23.9 Å². The van der Waals surface area contributed by atoms with Gasteiger partial charge in [-0.2, -0.15) is 0 Å². The Balaban J connectivity index is 2.01. The van der Waals surface area contributed by atoms with Gasteiger partial charge in [-0.25, -0.2) is 4.98 Å². The molecule has 3 rings (SSSR count).